The Morgan fingerprint density at radius 3 is 2.57 bits per heavy atom. The number of hydrogen-bond donors (Lipinski definition) is 1. The summed E-state index contributed by atoms with van der Waals surface area (Å²) < 4.78 is 0. The molecule has 2 aromatic rings. The Hall–Kier alpha value is -2.69. The number of benzene rings is 1. The van der Waals surface area contributed by atoms with Crippen LogP contribution in [0.2, 0.25) is 0 Å². The van der Waals surface area contributed by atoms with E-state index in [9.17, 15) is 14.9 Å². The van der Waals surface area contributed by atoms with E-state index in [1.165, 1.54) is 11.3 Å². The molecule has 2 aliphatic rings. The number of thiophene rings is 1. The largest absolute Gasteiger partial charge is 0.339 e. The molecule has 1 aromatic carbocycles. The maximum atomic E-state index is 12.9. The van der Waals surface area contributed by atoms with Crippen molar-refractivity contribution in [2.24, 2.45) is 0 Å². The average Bonchev–Trinajstić information content (AvgIpc) is 3.04. The number of anilines is 1. The van der Waals surface area contributed by atoms with Gasteiger partial charge >= 0.3 is 0 Å². The van der Waals surface area contributed by atoms with Gasteiger partial charge in [0.1, 0.15) is 11.1 Å². The minimum Gasteiger partial charge on any atom is -0.339 e. The van der Waals surface area contributed by atoms with Crippen molar-refractivity contribution < 1.29 is 9.59 Å². The van der Waals surface area contributed by atoms with Gasteiger partial charge in [0.25, 0.3) is 5.91 Å². The van der Waals surface area contributed by atoms with Gasteiger partial charge in [-0.15, -0.1) is 11.3 Å². The number of fused-ring (bicyclic) bond motifs is 1. The van der Waals surface area contributed by atoms with Crippen molar-refractivity contribution in [3.05, 3.63) is 51.9 Å². The SMILES string of the molecule is CCCN(CCC(=O)Nc1sc2c(c1C#N)CCCCC2)C1CCN(C(=O)c2ccccc2)CC1. The van der Waals surface area contributed by atoms with Crippen LogP contribution in [0.1, 0.15) is 78.2 Å². The number of nitriles is 1. The third kappa shape index (κ3) is 6.31. The molecule has 0 radical (unpaired) electrons. The molecule has 0 spiro atoms. The van der Waals surface area contributed by atoms with Crippen LogP contribution in [0, 0.1) is 11.3 Å². The Labute approximate surface area is 212 Å². The van der Waals surface area contributed by atoms with Crippen LogP contribution in [-0.2, 0) is 17.6 Å². The molecule has 0 saturated carbocycles. The van der Waals surface area contributed by atoms with Crippen molar-refractivity contribution >= 4 is 28.2 Å². The molecule has 4 rings (SSSR count). The van der Waals surface area contributed by atoms with Crippen LogP contribution in [0.3, 0.4) is 0 Å². The van der Waals surface area contributed by atoms with Crippen molar-refractivity contribution in [1.29, 1.82) is 5.26 Å². The maximum Gasteiger partial charge on any atom is 0.253 e. The van der Waals surface area contributed by atoms with Crippen LogP contribution in [0.15, 0.2) is 30.3 Å². The zero-order valence-corrected chi connectivity index (χ0v) is 21.5. The number of rotatable bonds is 8. The van der Waals surface area contributed by atoms with E-state index >= 15 is 0 Å². The van der Waals surface area contributed by atoms with E-state index < -0.39 is 0 Å². The molecule has 0 bridgehead atoms. The Balaban J connectivity index is 1.30. The number of nitrogens with one attached hydrogen (secondary N) is 1. The number of aryl methyl sites for hydroxylation is 1. The van der Waals surface area contributed by atoms with Gasteiger partial charge in [0.2, 0.25) is 5.91 Å². The molecule has 186 valence electrons. The number of carbonyl (C=O) groups is 2. The highest BCUT2D eigenvalue weighted by molar-refractivity contribution is 7.16. The van der Waals surface area contributed by atoms with E-state index in [1.54, 1.807) is 11.3 Å². The average molecular weight is 493 g/mol. The summed E-state index contributed by atoms with van der Waals surface area (Å²) in [5.41, 5.74) is 2.59. The van der Waals surface area contributed by atoms with Crippen LogP contribution >= 0.6 is 11.3 Å². The van der Waals surface area contributed by atoms with Crippen LogP contribution in [0.5, 0.6) is 0 Å². The van der Waals surface area contributed by atoms with E-state index in [4.69, 9.17) is 0 Å². The molecule has 1 aliphatic carbocycles. The summed E-state index contributed by atoms with van der Waals surface area (Å²) in [4.78, 5) is 31.3. The molecule has 7 heteroatoms. The van der Waals surface area contributed by atoms with Gasteiger partial charge < -0.3 is 10.2 Å². The Morgan fingerprint density at radius 1 is 1.11 bits per heavy atom. The molecule has 1 N–H and O–H groups in total. The van der Waals surface area contributed by atoms with Crippen molar-refractivity contribution in [2.45, 2.75) is 70.8 Å². The number of carbonyl (C=O) groups excluding carboxylic acids is 2. The molecule has 0 unspecified atom stereocenters. The van der Waals surface area contributed by atoms with Crippen molar-refractivity contribution in [3.8, 4) is 6.07 Å². The van der Waals surface area contributed by atoms with Crippen LogP contribution < -0.4 is 5.32 Å². The van der Waals surface area contributed by atoms with Gasteiger partial charge in [0, 0.05) is 42.5 Å². The molecule has 35 heavy (non-hydrogen) atoms. The monoisotopic (exact) mass is 492 g/mol. The molecule has 2 heterocycles. The number of piperidine rings is 1. The summed E-state index contributed by atoms with van der Waals surface area (Å²) in [6, 6.07) is 12.2. The van der Waals surface area contributed by atoms with Crippen molar-refractivity contribution in [1.82, 2.24) is 9.80 Å². The second-order valence-corrected chi connectivity index (χ2v) is 10.7. The minimum atomic E-state index is -0.0179. The first kappa shape index (κ1) is 25.4. The lowest BCUT2D eigenvalue weighted by Crippen LogP contribution is -2.47. The summed E-state index contributed by atoms with van der Waals surface area (Å²) in [6.45, 7) is 5.30. The minimum absolute atomic E-state index is 0.0179. The van der Waals surface area contributed by atoms with E-state index in [2.05, 4.69) is 23.2 Å². The second-order valence-electron chi connectivity index (χ2n) is 9.60. The second kappa shape index (κ2) is 12.3. The maximum absolute atomic E-state index is 12.9. The third-order valence-electron chi connectivity index (χ3n) is 7.21. The lowest BCUT2D eigenvalue weighted by molar-refractivity contribution is -0.116. The lowest BCUT2D eigenvalue weighted by Gasteiger charge is -2.38. The van der Waals surface area contributed by atoms with Crippen molar-refractivity contribution in [3.63, 3.8) is 0 Å². The number of amides is 2. The molecular weight excluding hydrogens is 456 g/mol. The lowest BCUT2D eigenvalue weighted by atomic mass is 10.0. The quantitative estimate of drug-likeness (QED) is 0.512. The highest BCUT2D eigenvalue weighted by atomic mass is 32.1. The van der Waals surface area contributed by atoms with E-state index in [1.807, 2.05) is 35.2 Å². The van der Waals surface area contributed by atoms with E-state index in [-0.39, 0.29) is 11.8 Å². The summed E-state index contributed by atoms with van der Waals surface area (Å²) in [6.07, 6.45) is 8.74. The molecule has 1 aliphatic heterocycles. The van der Waals surface area contributed by atoms with E-state index in [0.717, 1.165) is 80.7 Å². The number of hydrogen-bond acceptors (Lipinski definition) is 5. The van der Waals surface area contributed by atoms with Crippen LogP contribution in [0.25, 0.3) is 0 Å². The van der Waals surface area contributed by atoms with Gasteiger partial charge in [0.05, 0.1) is 5.56 Å². The standard InChI is InChI=1S/C28H36N4O2S/c1-2-16-31(22-13-17-32(18-14-22)28(34)21-9-5-3-6-10-21)19-15-26(33)30-27-24(20-29)23-11-7-4-8-12-25(23)35-27/h3,5-6,9-10,22H,2,4,7-8,11-19H2,1H3,(H,30,33). The number of likely N-dealkylation sites (tertiary alicyclic amines) is 1. The zero-order chi connectivity index (χ0) is 24.6. The molecule has 0 atom stereocenters. The topological polar surface area (TPSA) is 76.4 Å². The van der Waals surface area contributed by atoms with E-state index in [0.29, 0.717) is 24.6 Å². The summed E-state index contributed by atoms with van der Waals surface area (Å²) in [5, 5.41) is 13.5. The van der Waals surface area contributed by atoms with Gasteiger partial charge in [-0.1, -0.05) is 31.5 Å². The highest BCUT2D eigenvalue weighted by Gasteiger charge is 2.28. The van der Waals surface area contributed by atoms with Gasteiger partial charge in [-0.3, -0.25) is 14.5 Å². The smallest absolute Gasteiger partial charge is 0.253 e. The predicted octanol–water partition coefficient (Wildman–Crippen LogP) is 5.23. The van der Waals surface area contributed by atoms with Gasteiger partial charge in [-0.2, -0.15) is 5.26 Å². The summed E-state index contributed by atoms with van der Waals surface area (Å²) in [7, 11) is 0. The van der Waals surface area contributed by atoms with Crippen molar-refractivity contribution in [2.75, 3.05) is 31.5 Å². The predicted molar refractivity (Wildman–Crippen MR) is 141 cm³/mol. The third-order valence-corrected chi connectivity index (χ3v) is 8.42. The zero-order valence-electron chi connectivity index (χ0n) is 20.7. The summed E-state index contributed by atoms with van der Waals surface area (Å²) >= 11 is 1.60. The first-order valence-corrected chi connectivity index (χ1v) is 13.8. The molecule has 1 saturated heterocycles. The normalized spacial score (nSPS) is 16.4. The molecule has 6 nitrogen and oxygen atoms in total. The van der Waals surface area contributed by atoms with Crippen LogP contribution in [-0.4, -0.2) is 53.8 Å². The molecule has 2 amide bonds. The Kier molecular flexibility index (Phi) is 8.95. The Morgan fingerprint density at radius 2 is 1.86 bits per heavy atom. The first-order valence-electron chi connectivity index (χ1n) is 13.0. The molecule has 1 aromatic heterocycles. The first-order chi connectivity index (χ1) is 17.1. The molecule has 1 fully saturated rings. The fourth-order valence-electron chi connectivity index (χ4n) is 5.34. The number of nitrogens with zero attached hydrogens (tertiary/aromatic N) is 3. The highest BCUT2D eigenvalue weighted by Crippen LogP contribution is 2.37. The summed E-state index contributed by atoms with van der Waals surface area (Å²) in [5.74, 6) is 0.0869. The van der Waals surface area contributed by atoms with Crippen LogP contribution in [0.4, 0.5) is 5.00 Å². The Bertz CT molecular complexity index is 1050. The fraction of sp³-hybridized carbons (Fsp3) is 0.536. The molecular formula is C28H36N4O2S. The van der Waals surface area contributed by atoms with Gasteiger partial charge in [-0.25, -0.2) is 0 Å². The van der Waals surface area contributed by atoms with Gasteiger partial charge in [0.15, 0.2) is 0 Å². The van der Waals surface area contributed by atoms with Gasteiger partial charge in [-0.05, 0) is 69.2 Å². The fourth-order valence-corrected chi connectivity index (χ4v) is 6.60.